The lowest BCUT2D eigenvalue weighted by molar-refractivity contribution is 0.0941. The van der Waals surface area contributed by atoms with E-state index >= 15 is 0 Å². The first-order valence-electron chi connectivity index (χ1n) is 6.51. The summed E-state index contributed by atoms with van der Waals surface area (Å²) < 4.78 is 1.87. The van der Waals surface area contributed by atoms with Gasteiger partial charge in [0.1, 0.15) is 0 Å². The molecule has 0 saturated carbocycles. The van der Waals surface area contributed by atoms with Crippen LogP contribution in [-0.2, 0) is 6.54 Å². The fraction of sp³-hybridized carbons (Fsp3) is 0.692. The summed E-state index contributed by atoms with van der Waals surface area (Å²) >= 11 is 0. The zero-order chi connectivity index (χ0) is 13.5. The predicted octanol–water partition coefficient (Wildman–Crippen LogP) is 1.35. The van der Waals surface area contributed by atoms with Crippen LogP contribution in [0.4, 0.5) is 0 Å². The normalized spacial score (nSPS) is 12.4. The number of aliphatic hydroxyl groups excluding tert-OH is 1. The molecule has 2 N–H and O–H groups in total. The van der Waals surface area contributed by atoms with E-state index < -0.39 is 0 Å². The van der Waals surface area contributed by atoms with Crippen LogP contribution in [0.2, 0.25) is 0 Å². The lowest BCUT2D eigenvalue weighted by atomic mass is 10.2. The first kappa shape index (κ1) is 14.7. The Bertz CT molecular complexity index is 388. The summed E-state index contributed by atoms with van der Waals surface area (Å²) in [6.07, 6.45) is 3.78. The molecule has 0 aliphatic rings. The summed E-state index contributed by atoms with van der Waals surface area (Å²) in [5.41, 5.74) is 1.52. The molecule has 1 heterocycles. The molecule has 1 unspecified atom stereocenters. The summed E-state index contributed by atoms with van der Waals surface area (Å²) in [5.74, 6) is -0.0417. The largest absolute Gasteiger partial charge is 0.396 e. The average Bonchev–Trinajstić information content (AvgIpc) is 2.74. The van der Waals surface area contributed by atoms with Crippen LogP contribution in [0.15, 0.2) is 6.20 Å². The fourth-order valence-electron chi connectivity index (χ4n) is 1.63. The van der Waals surface area contributed by atoms with Crippen molar-refractivity contribution in [2.75, 3.05) is 13.2 Å². The second-order valence-electron chi connectivity index (χ2n) is 4.72. The molecule has 18 heavy (non-hydrogen) atoms. The molecular weight excluding hydrogens is 230 g/mol. The van der Waals surface area contributed by atoms with Gasteiger partial charge in [-0.2, -0.15) is 5.10 Å². The van der Waals surface area contributed by atoms with E-state index in [1.165, 1.54) is 0 Å². The van der Waals surface area contributed by atoms with Crippen molar-refractivity contribution >= 4 is 5.91 Å². The van der Waals surface area contributed by atoms with E-state index in [9.17, 15) is 4.79 Å². The van der Waals surface area contributed by atoms with Crippen molar-refractivity contribution in [2.24, 2.45) is 5.92 Å². The van der Waals surface area contributed by atoms with Crippen molar-refractivity contribution in [3.8, 4) is 0 Å². The molecule has 1 atom stereocenters. The van der Waals surface area contributed by atoms with Gasteiger partial charge in [-0.25, -0.2) is 0 Å². The van der Waals surface area contributed by atoms with Gasteiger partial charge in [-0.05, 0) is 19.3 Å². The molecule has 102 valence electrons. The predicted molar refractivity (Wildman–Crippen MR) is 70.5 cm³/mol. The average molecular weight is 253 g/mol. The van der Waals surface area contributed by atoms with Crippen molar-refractivity contribution in [1.82, 2.24) is 15.1 Å². The number of hydrogen-bond donors (Lipinski definition) is 2. The van der Waals surface area contributed by atoms with Gasteiger partial charge in [0.05, 0.1) is 11.8 Å². The minimum atomic E-state index is -0.115. The Balaban J connectivity index is 2.60. The standard InChI is InChI=1S/C13H23N3O2/c1-4-5-6-16-11(3)12(8-15-16)13(18)14-7-10(2)9-17/h8,10,17H,4-7,9H2,1-3H3,(H,14,18). The first-order chi connectivity index (χ1) is 8.60. The Hall–Kier alpha value is -1.36. The zero-order valence-corrected chi connectivity index (χ0v) is 11.4. The number of aliphatic hydroxyl groups is 1. The minimum Gasteiger partial charge on any atom is -0.396 e. The molecule has 0 aliphatic heterocycles. The number of aromatic nitrogens is 2. The molecule has 1 amide bonds. The van der Waals surface area contributed by atoms with E-state index in [4.69, 9.17) is 5.11 Å². The molecule has 5 heteroatoms. The van der Waals surface area contributed by atoms with Crippen LogP contribution in [-0.4, -0.2) is 33.9 Å². The highest BCUT2D eigenvalue weighted by Crippen LogP contribution is 2.08. The first-order valence-corrected chi connectivity index (χ1v) is 6.51. The van der Waals surface area contributed by atoms with Crippen molar-refractivity contribution in [3.05, 3.63) is 17.5 Å². The minimum absolute atomic E-state index is 0.0735. The number of rotatable bonds is 7. The van der Waals surface area contributed by atoms with Gasteiger partial charge < -0.3 is 10.4 Å². The van der Waals surface area contributed by atoms with Gasteiger partial charge in [0.15, 0.2) is 0 Å². The highest BCUT2D eigenvalue weighted by molar-refractivity contribution is 5.95. The Labute approximate surface area is 108 Å². The lowest BCUT2D eigenvalue weighted by Gasteiger charge is -2.09. The third-order valence-corrected chi connectivity index (χ3v) is 2.99. The van der Waals surface area contributed by atoms with Gasteiger partial charge in [-0.15, -0.1) is 0 Å². The van der Waals surface area contributed by atoms with E-state index in [0.29, 0.717) is 12.1 Å². The molecular formula is C13H23N3O2. The van der Waals surface area contributed by atoms with Crippen molar-refractivity contribution in [3.63, 3.8) is 0 Å². The number of aryl methyl sites for hydroxylation is 1. The van der Waals surface area contributed by atoms with Crippen LogP contribution >= 0.6 is 0 Å². The van der Waals surface area contributed by atoms with Crippen molar-refractivity contribution < 1.29 is 9.90 Å². The topological polar surface area (TPSA) is 67.2 Å². The van der Waals surface area contributed by atoms with E-state index in [1.807, 2.05) is 18.5 Å². The molecule has 5 nitrogen and oxygen atoms in total. The van der Waals surface area contributed by atoms with Gasteiger partial charge in [-0.1, -0.05) is 20.3 Å². The van der Waals surface area contributed by atoms with E-state index in [0.717, 1.165) is 25.1 Å². The van der Waals surface area contributed by atoms with Crippen LogP contribution in [0, 0.1) is 12.8 Å². The number of amides is 1. The molecule has 1 aromatic rings. The van der Waals surface area contributed by atoms with Gasteiger partial charge in [-0.3, -0.25) is 9.48 Å². The van der Waals surface area contributed by atoms with Gasteiger partial charge in [0.25, 0.3) is 5.91 Å². The van der Waals surface area contributed by atoms with Crippen molar-refractivity contribution in [2.45, 2.75) is 40.2 Å². The Morgan fingerprint density at radius 2 is 2.33 bits per heavy atom. The van der Waals surface area contributed by atoms with E-state index in [-0.39, 0.29) is 18.4 Å². The Kier molecular flexibility index (Phi) is 5.85. The molecule has 0 spiro atoms. The summed E-state index contributed by atoms with van der Waals surface area (Å²) in [4.78, 5) is 11.9. The SMILES string of the molecule is CCCCn1ncc(C(=O)NCC(C)CO)c1C. The molecule has 0 radical (unpaired) electrons. The summed E-state index contributed by atoms with van der Waals surface area (Å²) in [7, 11) is 0. The Morgan fingerprint density at radius 3 is 2.94 bits per heavy atom. The van der Waals surface area contributed by atoms with E-state index in [1.54, 1.807) is 6.20 Å². The summed E-state index contributed by atoms with van der Waals surface area (Å²) in [5, 5.41) is 15.9. The molecule has 0 fully saturated rings. The maximum Gasteiger partial charge on any atom is 0.254 e. The molecule has 0 bridgehead atoms. The van der Waals surface area contributed by atoms with Crippen molar-refractivity contribution in [1.29, 1.82) is 0 Å². The number of nitrogens with one attached hydrogen (secondary N) is 1. The highest BCUT2D eigenvalue weighted by atomic mass is 16.3. The highest BCUT2D eigenvalue weighted by Gasteiger charge is 2.14. The number of carbonyl (C=O) groups excluding carboxylic acids is 1. The van der Waals surface area contributed by atoms with Gasteiger partial charge in [0.2, 0.25) is 0 Å². The lowest BCUT2D eigenvalue weighted by Crippen LogP contribution is -2.29. The number of nitrogens with zero attached hydrogens (tertiary/aromatic N) is 2. The zero-order valence-electron chi connectivity index (χ0n) is 11.4. The molecule has 0 aliphatic carbocycles. The van der Waals surface area contributed by atoms with E-state index in [2.05, 4.69) is 17.3 Å². The van der Waals surface area contributed by atoms with Gasteiger partial charge in [0, 0.05) is 25.4 Å². The second kappa shape index (κ2) is 7.16. The quantitative estimate of drug-likeness (QED) is 0.771. The monoisotopic (exact) mass is 253 g/mol. The fourth-order valence-corrected chi connectivity index (χ4v) is 1.63. The molecule has 0 saturated heterocycles. The number of unbranched alkanes of at least 4 members (excludes halogenated alkanes) is 1. The van der Waals surface area contributed by atoms with Crippen LogP contribution in [0.1, 0.15) is 42.7 Å². The molecule has 1 aromatic heterocycles. The van der Waals surface area contributed by atoms with Gasteiger partial charge >= 0.3 is 0 Å². The molecule has 1 rings (SSSR count). The maximum atomic E-state index is 11.9. The Morgan fingerprint density at radius 1 is 1.61 bits per heavy atom. The number of carbonyl (C=O) groups is 1. The second-order valence-corrected chi connectivity index (χ2v) is 4.72. The third-order valence-electron chi connectivity index (χ3n) is 2.99. The van der Waals surface area contributed by atoms with Crippen LogP contribution in [0.5, 0.6) is 0 Å². The summed E-state index contributed by atoms with van der Waals surface area (Å²) in [6, 6.07) is 0. The number of hydrogen-bond acceptors (Lipinski definition) is 3. The smallest absolute Gasteiger partial charge is 0.254 e. The third kappa shape index (κ3) is 3.84. The van der Waals surface area contributed by atoms with Crippen LogP contribution in [0.3, 0.4) is 0 Å². The van der Waals surface area contributed by atoms with Crippen LogP contribution < -0.4 is 5.32 Å². The van der Waals surface area contributed by atoms with Crippen LogP contribution in [0.25, 0.3) is 0 Å². The summed E-state index contributed by atoms with van der Waals surface area (Å²) in [6.45, 7) is 7.33. The maximum absolute atomic E-state index is 11.9. The molecule has 0 aromatic carbocycles.